The minimum atomic E-state index is -4.50. The third-order valence-electron chi connectivity index (χ3n) is 2.86. The highest BCUT2D eigenvalue weighted by atomic mass is 32.1. The average molecular weight is 360 g/mol. The van der Waals surface area contributed by atoms with E-state index in [4.69, 9.17) is 9.47 Å². The highest BCUT2D eigenvalue weighted by Gasteiger charge is 2.32. The van der Waals surface area contributed by atoms with Gasteiger partial charge in [0, 0.05) is 11.6 Å². The molecule has 2 aromatic rings. The maximum absolute atomic E-state index is 12.8. The summed E-state index contributed by atoms with van der Waals surface area (Å²) in [6.07, 6.45) is -3.77. The van der Waals surface area contributed by atoms with Crippen molar-refractivity contribution in [2.75, 3.05) is 13.2 Å². The van der Waals surface area contributed by atoms with Crippen LogP contribution in [0.4, 0.5) is 13.2 Å². The minimum Gasteiger partial charge on any atom is -0.491 e. The second-order valence-electron chi connectivity index (χ2n) is 4.63. The largest absolute Gasteiger partial charge is 0.491 e. The van der Waals surface area contributed by atoms with E-state index in [9.17, 15) is 18.0 Å². The Morgan fingerprint density at radius 2 is 2.04 bits per heavy atom. The number of hydrogen-bond acceptors (Lipinski definition) is 6. The van der Waals surface area contributed by atoms with Crippen molar-refractivity contribution in [3.8, 4) is 16.5 Å². The lowest BCUT2D eigenvalue weighted by Crippen LogP contribution is -2.08. The zero-order valence-electron chi connectivity index (χ0n) is 13.0. The van der Waals surface area contributed by atoms with E-state index in [1.54, 1.807) is 19.2 Å². The van der Waals surface area contributed by atoms with Gasteiger partial charge >= 0.3 is 12.1 Å². The Balaban J connectivity index is 2.31. The van der Waals surface area contributed by atoms with Crippen LogP contribution in [0.5, 0.6) is 5.75 Å². The standard InChI is InChI=1S/C15H15F3N2O3S/c1-3-22-11-5-9(15(16,17)18)7-19-13(11)14-20-10(8-24-14)6-12(21)23-4-2/h5,7-8H,3-4,6H2,1-2H3. The summed E-state index contributed by atoms with van der Waals surface area (Å²) in [7, 11) is 0. The molecule has 0 fully saturated rings. The molecule has 130 valence electrons. The lowest BCUT2D eigenvalue weighted by molar-refractivity contribution is -0.142. The fourth-order valence-electron chi connectivity index (χ4n) is 1.88. The lowest BCUT2D eigenvalue weighted by Gasteiger charge is -2.11. The molecule has 0 atom stereocenters. The van der Waals surface area contributed by atoms with Crippen molar-refractivity contribution in [3.05, 3.63) is 28.9 Å². The van der Waals surface area contributed by atoms with Crippen LogP contribution >= 0.6 is 11.3 Å². The van der Waals surface area contributed by atoms with Crippen LogP contribution in [0.25, 0.3) is 10.7 Å². The van der Waals surface area contributed by atoms with Gasteiger partial charge in [0.25, 0.3) is 0 Å². The van der Waals surface area contributed by atoms with Crippen molar-refractivity contribution in [3.63, 3.8) is 0 Å². The number of alkyl halides is 3. The summed E-state index contributed by atoms with van der Waals surface area (Å²) in [6, 6.07) is 0.901. The molecule has 0 amide bonds. The van der Waals surface area contributed by atoms with Gasteiger partial charge in [0.1, 0.15) is 16.5 Å². The summed E-state index contributed by atoms with van der Waals surface area (Å²) >= 11 is 1.17. The number of carbonyl (C=O) groups is 1. The zero-order chi connectivity index (χ0) is 17.7. The molecule has 0 saturated carbocycles. The molecule has 0 N–H and O–H groups in total. The molecule has 0 saturated heterocycles. The van der Waals surface area contributed by atoms with E-state index in [-0.39, 0.29) is 31.1 Å². The normalized spacial score (nSPS) is 11.4. The first-order valence-electron chi connectivity index (χ1n) is 7.15. The summed E-state index contributed by atoms with van der Waals surface area (Å²) in [5, 5.41) is 2.02. The Morgan fingerprint density at radius 1 is 1.29 bits per heavy atom. The molecule has 24 heavy (non-hydrogen) atoms. The number of thiazole rings is 1. The van der Waals surface area contributed by atoms with Crippen molar-refractivity contribution >= 4 is 17.3 Å². The van der Waals surface area contributed by atoms with Crippen LogP contribution in [-0.2, 0) is 22.1 Å². The number of aromatic nitrogens is 2. The van der Waals surface area contributed by atoms with Gasteiger partial charge in [-0.1, -0.05) is 0 Å². The molecule has 0 bridgehead atoms. The van der Waals surface area contributed by atoms with Crippen molar-refractivity contribution in [1.82, 2.24) is 9.97 Å². The van der Waals surface area contributed by atoms with Crippen LogP contribution in [0.15, 0.2) is 17.6 Å². The zero-order valence-corrected chi connectivity index (χ0v) is 13.8. The van der Waals surface area contributed by atoms with Crippen LogP contribution < -0.4 is 4.74 Å². The smallest absolute Gasteiger partial charge is 0.418 e. The van der Waals surface area contributed by atoms with Crippen LogP contribution in [-0.4, -0.2) is 29.2 Å². The summed E-state index contributed by atoms with van der Waals surface area (Å²) in [5.41, 5.74) is -0.208. The number of hydrogen-bond donors (Lipinski definition) is 0. The molecule has 2 aromatic heterocycles. The first-order chi connectivity index (χ1) is 11.3. The van der Waals surface area contributed by atoms with Crippen LogP contribution in [0, 0.1) is 0 Å². The number of ether oxygens (including phenoxy) is 2. The number of esters is 1. The highest BCUT2D eigenvalue weighted by molar-refractivity contribution is 7.13. The SMILES string of the molecule is CCOC(=O)Cc1csc(-c2ncc(C(F)(F)F)cc2OCC)n1. The Hall–Kier alpha value is -2.16. The Bertz CT molecular complexity index is 716. The van der Waals surface area contributed by atoms with E-state index in [1.165, 1.54) is 11.3 Å². The average Bonchev–Trinajstić information content (AvgIpc) is 2.95. The van der Waals surface area contributed by atoms with Gasteiger partial charge in [0.2, 0.25) is 0 Å². The van der Waals surface area contributed by atoms with Crippen molar-refractivity contribution < 1.29 is 27.4 Å². The summed E-state index contributed by atoms with van der Waals surface area (Å²) in [6.45, 7) is 3.82. The van der Waals surface area contributed by atoms with Gasteiger partial charge < -0.3 is 9.47 Å². The molecule has 0 aliphatic rings. The third-order valence-corrected chi connectivity index (χ3v) is 3.76. The number of pyridine rings is 1. The maximum atomic E-state index is 12.8. The van der Waals surface area contributed by atoms with E-state index in [0.29, 0.717) is 10.7 Å². The fraction of sp³-hybridized carbons (Fsp3) is 0.400. The Morgan fingerprint density at radius 3 is 2.67 bits per heavy atom. The van der Waals surface area contributed by atoms with E-state index >= 15 is 0 Å². The molecule has 0 aliphatic carbocycles. The monoisotopic (exact) mass is 360 g/mol. The Labute approximate surface area is 140 Å². The second-order valence-corrected chi connectivity index (χ2v) is 5.49. The van der Waals surface area contributed by atoms with Gasteiger partial charge in [-0.15, -0.1) is 11.3 Å². The van der Waals surface area contributed by atoms with Gasteiger partial charge in [-0.05, 0) is 19.9 Å². The Kier molecular flexibility index (Phi) is 5.76. The first-order valence-corrected chi connectivity index (χ1v) is 8.03. The van der Waals surface area contributed by atoms with Gasteiger partial charge in [-0.2, -0.15) is 13.2 Å². The van der Waals surface area contributed by atoms with Gasteiger partial charge in [-0.25, -0.2) is 9.97 Å². The maximum Gasteiger partial charge on any atom is 0.418 e. The van der Waals surface area contributed by atoms with Gasteiger partial charge in [0.05, 0.1) is 30.9 Å². The number of rotatable bonds is 6. The molecule has 2 heterocycles. The van der Waals surface area contributed by atoms with Gasteiger partial charge in [0.15, 0.2) is 0 Å². The minimum absolute atomic E-state index is 0.00404. The van der Waals surface area contributed by atoms with Crippen LogP contribution in [0.2, 0.25) is 0 Å². The van der Waals surface area contributed by atoms with E-state index in [0.717, 1.165) is 12.3 Å². The summed E-state index contributed by atoms with van der Waals surface area (Å²) < 4.78 is 48.5. The summed E-state index contributed by atoms with van der Waals surface area (Å²) in [4.78, 5) is 19.5. The highest BCUT2D eigenvalue weighted by Crippen LogP contribution is 2.36. The fourth-order valence-corrected chi connectivity index (χ4v) is 2.70. The lowest BCUT2D eigenvalue weighted by atomic mass is 10.2. The number of nitrogens with zero attached hydrogens (tertiary/aromatic N) is 2. The van der Waals surface area contributed by atoms with Crippen LogP contribution in [0.3, 0.4) is 0 Å². The molecule has 0 aromatic carbocycles. The molecule has 0 aliphatic heterocycles. The molecule has 0 unspecified atom stereocenters. The molecule has 0 radical (unpaired) electrons. The number of halogens is 3. The molecule has 0 spiro atoms. The topological polar surface area (TPSA) is 61.3 Å². The van der Waals surface area contributed by atoms with E-state index < -0.39 is 17.7 Å². The molecule has 2 rings (SSSR count). The van der Waals surface area contributed by atoms with E-state index in [2.05, 4.69) is 9.97 Å². The summed E-state index contributed by atoms with van der Waals surface area (Å²) in [5.74, 6) is -0.413. The molecular weight excluding hydrogens is 345 g/mol. The molecular formula is C15H15F3N2O3S. The third kappa shape index (κ3) is 4.44. The van der Waals surface area contributed by atoms with Crippen LogP contribution in [0.1, 0.15) is 25.1 Å². The predicted octanol–water partition coefficient (Wildman–Crippen LogP) is 3.73. The van der Waals surface area contributed by atoms with Crippen molar-refractivity contribution in [2.45, 2.75) is 26.4 Å². The van der Waals surface area contributed by atoms with Crippen molar-refractivity contribution in [1.29, 1.82) is 0 Å². The molecule has 5 nitrogen and oxygen atoms in total. The molecule has 9 heteroatoms. The van der Waals surface area contributed by atoms with E-state index in [1.807, 2.05) is 0 Å². The number of carbonyl (C=O) groups excluding carboxylic acids is 1. The quantitative estimate of drug-likeness (QED) is 0.735. The van der Waals surface area contributed by atoms with Crippen molar-refractivity contribution in [2.24, 2.45) is 0 Å². The van der Waals surface area contributed by atoms with Gasteiger partial charge in [-0.3, -0.25) is 4.79 Å². The second kappa shape index (κ2) is 7.61. The predicted molar refractivity (Wildman–Crippen MR) is 81.9 cm³/mol. The first kappa shape index (κ1) is 18.2.